The fraction of sp³-hybridized carbons (Fsp3) is 0.278. The first-order valence-corrected chi connectivity index (χ1v) is 19.6. The van der Waals surface area contributed by atoms with Gasteiger partial charge in [-0.05, 0) is 54.3 Å². The highest BCUT2D eigenvalue weighted by molar-refractivity contribution is 7.92. The van der Waals surface area contributed by atoms with E-state index < -0.39 is 31.4 Å². The zero-order chi connectivity index (χ0) is 35.4. The first-order chi connectivity index (χ1) is 24.7. The third-order valence-corrected chi connectivity index (χ3v) is 13.0. The summed E-state index contributed by atoms with van der Waals surface area (Å²) in [5.41, 5.74) is 4.04. The third kappa shape index (κ3) is 7.80. The maximum atomic E-state index is 13.6. The molecule has 1 amide bonds. The number of nitrogens with zero attached hydrogens (tertiary/aromatic N) is 6. The van der Waals surface area contributed by atoms with Crippen LogP contribution in [0.4, 0.5) is 16.3 Å². The standard InChI is InChI=1S/C36H37N7O6S2/c44-36(49-26-27-7-3-1-4-8-27)42-15-13-32(14-16-42)51(47,48)43-19-17-41(18-20-43)35-25-38-33-12-11-28(22-34(33)39-35)29-21-30(24-37-23-29)40-50(45,46)31-9-5-2-6-10-31/h1-12,21-25,32,40H,13-20,26H2. The Balaban J connectivity index is 0.961. The Morgan fingerprint density at radius 1 is 0.765 bits per heavy atom. The van der Waals surface area contributed by atoms with Gasteiger partial charge in [0.05, 0.1) is 39.3 Å². The summed E-state index contributed by atoms with van der Waals surface area (Å²) in [5, 5.41) is -0.553. The number of benzene rings is 3. The van der Waals surface area contributed by atoms with E-state index in [9.17, 15) is 21.6 Å². The highest BCUT2D eigenvalue weighted by atomic mass is 32.2. The number of rotatable bonds is 9. The molecule has 0 bridgehead atoms. The van der Waals surface area contributed by atoms with Crippen LogP contribution in [0.5, 0.6) is 0 Å². The Morgan fingerprint density at radius 2 is 1.47 bits per heavy atom. The molecular formula is C36H37N7O6S2. The predicted octanol–water partition coefficient (Wildman–Crippen LogP) is 4.75. The topological polar surface area (TPSA) is 155 Å². The molecule has 0 unspecified atom stereocenters. The number of hydrogen-bond acceptors (Lipinski definition) is 10. The van der Waals surface area contributed by atoms with Gasteiger partial charge in [0.25, 0.3) is 10.0 Å². The zero-order valence-electron chi connectivity index (χ0n) is 27.7. The SMILES string of the molecule is O=C(OCc1ccccc1)N1CCC(S(=O)(=O)N2CCN(c3cnc4ccc(-c5cncc(NS(=O)(=O)c6ccccc6)c5)cc4n3)CC2)CC1. The second kappa shape index (κ2) is 14.6. The lowest BCUT2D eigenvalue weighted by Crippen LogP contribution is -2.53. The molecule has 4 heterocycles. The van der Waals surface area contributed by atoms with Crippen molar-refractivity contribution in [2.24, 2.45) is 0 Å². The minimum Gasteiger partial charge on any atom is -0.445 e. The molecule has 0 spiro atoms. The average Bonchev–Trinajstić information content (AvgIpc) is 3.17. The molecule has 51 heavy (non-hydrogen) atoms. The lowest BCUT2D eigenvalue weighted by atomic mass is 10.1. The first kappa shape index (κ1) is 34.3. The van der Waals surface area contributed by atoms with E-state index in [-0.39, 0.29) is 11.5 Å². The smallest absolute Gasteiger partial charge is 0.410 e. The maximum Gasteiger partial charge on any atom is 0.410 e. The number of piperazine rings is 1. The van der Waals surface area contributed by atoms with Gasteiger partial charge < -0.3 is 14.5 Å². The van der Waals surface area contributed by atoms with Crippen LogP contribution in [-0.2, 0) is 31.4 Å². The number of pyridine rings is 1. The number of piperidine rings is 1. The van der Waals surface area contributed by atoms with Gasteiger partial charge >= 0.3 is 6.09 Å². The Morgan fingerprint density at radius 3 is 2.20 bits per heavy atom. The molecule has 1 N–H and O–H groups in total. The van der Waals surface area contributed by atoms with Crippen LogP contribution in [0, 0.1) is 0 Å². The molecule has 2 aromatic heterocycles. The number of carbonyl (C=O) groups is 1. The van der Waals surface area contributed by atoms with E-state index in [1.54, 1.807) is 45.9 Å². The molecule has 3 aromatic carbocycles. The van der Waals surface area contributed by atoms with Crippen molar-refractivity contribution < 1.29 is 26.4 Å². The highest BCUT2D eigenvalue weighted by Crippen LogP contribution is 2.28. The van der Waals surface area contributed by atoms with Gasteiger partial charge in [-0.25, -0.2) is 26.6 Å². The van der Waals surface area contributed by atoms with Crippen LogP contribution < -0.4 is 9.62 Å². The van der Waals surface area contributed by atoms with Crippen LogP contribution >= 0.6 is 0 Å². The van der Waals surface area contributed by atoms with Gasteiger partial charge in [0.1, 0.15) is 12.4 Å². The minimum absolute atomic E-state index is 0.154. The summed E-state index contributed by atoms with van der Waals surface area (Å²) < 4.78 is 62.5. The quantitative estimate of drug-likeness (QED) is 0.225. The van der Waals surface area contributed by atoms with Gasteiger partial charge in [0.15, 0.2) is 0 Å². The van der Waals surface area contributed by atoms with Crippen LogP contribution in [0.25, 0.3) is 22.2 Å². The van der Waals surface area contributed by atoms with Crippen molar-refractivity contribution >= 4 is 48.7 Å². The summed E-state index contributed by atoms with van der Waals surface area (Å²) in [6.45, 7) is 2.38. The van der Waals surface area contributed by atoms with Crippen LogP contribution in [0.3, 0.4) is 0 Å². The summed E-state index contributed by atoms with van der Waals surface area (Å²) in [7, 11) is -7.33. The van der Waals surface area contributed by atoms with Gasteiger partial charge in [-0.3, -0.25) is 14.7 Å². The molecule has 2 fully saturated rings. The molecule has 0 saturated carbocycles. The second-order valence-corrected chi connectivity index (χ2v) is 16.4. The molecule has 0 radical (unpaired) electrons. The lowest BCUT2D eigenvalue weighted by Gasteiger charge is -2.38. The molecule has 5 aromatic rings. The molecule has 13 nitrogen and oxygen atoms in total. The first-order valence-electron chi connectivity index (χ1n) is 16.7. The van der Waals surface area contributed by atoms with E-state index in [1.807, 2.05) is 53.4 Å². The van der Waals surface area contributed by atoms with E-state index in [4.69, 9.17) is 9.72 Å². The number of aromatic nitrogens is 3. The Bertz CT molecular complexity index is 2230. The van der Waals surface area contributed by atoms with Gasteiger partial charge in [-0.15, -0.1) is 0 Å². The summed E-state index contributed by atoms with van der Waals surface area (Å²) in [6.07, 6.45) is 5.09. The van der Waals surface area contributed by atoms with E-state index in [1.165, 1.54) is 18.3 Å². The number of hydrogen-bond donors (Lipinski definition) is 1. The number of anilines is 2. The van der Waals surface area contributed by atoms with Crippen molar-refractivity contribution in [3.8, 4) is 11.1 Å². The third-order valence-electron chi connectivity index (χ3n) is 9.16. The molecule has 7 rings (SSSR count). The number of fused-ring (bicyclic) bond motifs is 1. The molecular weight excluding hydrogens is 691 g/mol. The molecule has 2 saturated heterocycles. The lowest BCUT2D eigenvalue weighted by molar-refractivity contribution is 0.0895. The number of carbonyl (C=O) groups excluding carboxylic acids is 1. The number of likely N-dealkylation sites (tertiary alicyclic amines) is 1. The Kier molecular flexibility index (Phi) is 9.84. The summed E-state index contributed by atoms with van der Waals surface area (Å²) in [4.78, 5) is 30.0. The Hall–Kier alpha value is -5.12. The number of sulfonamides is 2. The maximum absolute atomic E-state index is 13.6. The normalized spacial score (nSPS) is 16.2. The molecule has 15 heteroatoms. The highest BCUT2D eigenvalue weighted by Gasteiger charge is 2.37. The van der Waals surface area contributed by atoms with E-state index in [2.05, 4.69) is 14.7 Å². The van der Waals surface area contributed by atoms with Gasteiger partial charge in [-0.1, -0.05) is 54.6 Å². The van der Waals surface area contributed by atoms with Crippen molar-refractivity contribution in [2.45, 2.75) is 29.6 Å². The molecule has 2 aliphatic heterocycles. The van der Waals surface area contributed by atoms with E-state index >= 15 is 0 Å². The summed E-state index contributed by atoms with van der Waals surface area (Å²) >= 11 is 0. The Labute approximate surface area is 297 Å². The number of nitrogens with one attached hydrogen (secondary N) is 1. The zero-order valence-corrected chi connectivity index (χ0v) is 29.3. The van der Waals surface area contributed by atoms with Crippen molar-refractivity contribution in [3.63, 3.8) is 0 Å². The molecule has 264 valence electrons. The van der Waals surface area contributed by atoms with Crippen molar-refractivity contribution in [2.75, 3.05) is 48.9 Å². The van der Waals surface area contributed by atoms with Gasteiger partial charge in [0.2, 0.25) is 10.0 Å². The van der Waals surface area contributed by atoms with Gasteiger partial charge in [-0.2, -0.15) is 4.31 Å². The van der Waals surface area contributed by atoms with E-state index in [0.717, 1.165) is 11.1 Å². The minimum atomic E-state index is -3.78. The van der Waals surface area contributed by atoms with Crippen molar-refractivity contribution in [3.05, 3.63) is 109 Å². The predicted molar refractivity (Wildman–Crippen MR) is 194 cm³/mol. The fourth-order valence-electron chi connectivity index (χ4n) is 6.33. The van der Waals surface area contributed by atoms with Crippen LogP contribution in [0.15, 0.2) is 108 Å². The van der Waals surface area contributed by atoms with Crippen LogP contribution in [0.1, 0.15) is 18.4 Å². The van der Waals surface area contributed by atoms with E-state index in [0.29, 0.717) is 80.2 Å². The molecule has 0 atom stereocenters. The van der Waals surface area contributed by atoms with Crippen molar-refractivity contribution in [1.29, 1.82) is 0 Å². The fourth-order valence-corrected chi connectivity index (χ4v) is 9.29. The molecule has 0 aliphatic carbocycles. The monoisotopic (exact) mass is 727 g/mol. The summed E-state index contributed by atoms with van der Waals surface area (Å²) in [5.74, 6) is 0.640. The second-order valence-electron chi connectivity index (χ2n) is 12.5. The van der Waals surface area contributed by atoms with Crippen LogP contribution in [-0.4, -0.2) is 91.6 Å². The summed E-state index contributed by atoms with van der Waals surface area (Å²) in [6, 6.07) is 24.9. The molecule has 2 aliphatic rings. The number of amides is 1. The average molecular weight is 728 g/mol. The largest absolute Gasteiger partial charge is 0.445 e. The number of ether oxygens (including phenoxy) is 1. The van der Waals surface area contributed by atoms with Crippen LogP contribution in [0.2, 0.25) is 0 Å². The van der Waals surface area contributed by atoms with Crippen molar-refractivity contribution in [1.82, 2.24) is 24.2 Å². The van der Waals surface area contributed by atoms with Gasteiger partial charge in [0, 0.05) is 51.0 Å².